The molecule has 0 heterocycles. The van der Waals surface area contributed by atoms with E-state index in [2.05, 4.69) is 5.32 Å². The Bertz CT molecular complexity index is 481. The Morgan fingerprint density at radius 2 is 1.94 bits per heavy atom. The fraction of sp³-hybridized carbons (Fsp3) is 0.417. The van der Waals surface area contributed by atoms with E-state index >= 15 is 0 Å². The minimum atomic E-state index is -3.97. The predicted molar refractivity (Wildman–Crippen MR) is 70.6 cm³/mol. The molecule has 1 aromatic carbocycles. The standard InChI is InChI=1S/C12H17NO4S/c1-2-12(18(15,16)17)7-8-13-11-5-3-10(9-14)4-6-11/h3-6,9,12-13H,2,7-8H2,1H3,(H,15,16,17). The highest BCUT2D eigenvalue weighted by molar-refractivity contribution is 7.86. The lowest BCUT2D eigenvalue weighted by Crippen LogP contribution is -2.22. The summed E-state index contributed by atoms with van der Waals surface area (Å²) in [5.41, 5.74) is 1.40. The Labute approximate surface area is 107 Å². The zero-order valence-electron chi connectivity index (χ0n) is 10.2. The summed E-state index contributed by atoms with van der Waals surface area (Å²) in [5.74, 6) is 0. The molecule has 0 aliphatic heterocycles. The fourth-order valence-corrected chi connectivity index (χ4v) is 2.46. The normalized spacial score (nSPS) is 13.0. The van der Waals surface area contributed by atoms with Crippen molar-refractivity contribution in [1.29, 1.82) is 0 Å². The Morgan fingerprint density at radius 1 is 1.33 bits per heavy atom. The minimum absolute atomic E-state index is 0.338. The van der Waals surface area contributed by atoms with Crippen LogP contribution in [0.1, 0.15) is 30.1 Å². The van der Waals surface area contributed by atoms with Gasteiger partial charge in [-0.15, -0.1) is 0 Å². The van der Waals surface area contributed by atoms with Crippen molar-refractivity contribution in [2.75, 3.05) is 11.9 Å². The molecule has 0 aromatic heterocycles. The van der Waals surface area contributed by atoms with Crippen molar-refractivity contribution in [2.45, 2.75) is 25.0 Å². The van der Waals surface area contributed by atoms with Gasteiger partial charge in [-0.2, -0.15) is 8.42 Å². The molecule has 0 saturated heterocycles. The first-order valence-corrected chi connectivity index (χ1v) is 7.23. The van der Waals surface area contributed by atoms with Crippen LogP contribution in [0.4, 0.5) is 5.69 Å². The molecule has 0 aliphatic carbocycles. The van der Waals surface area contributed by atoms with Gasteiger partial charge in [0.2, 0.25) is 0 Å². The summed E-state index contributed by atoms with van der Waals surface area (Å²) in [6.07, 6.45) is 1.48. The molecular formula is C12H17NO4S. The first-order chi connectivity index (χ1) is 8.47. The van der Waals surface area contributed by atoms with E-state index in [-0.39, 0.29) is 0 Å². The van der Waals surface area contributed by atoms with Gasteiger partial charge in [0.1, 0.15) is 6.29 Å². The summed E-state index contributed by atoms with van der Waals surface area (Å²) >= 11 is 0. The lowest BCUT2D eigenvalue weighted by molar-refractivity contribution is 0.112. The quantitative estimate of drug-likeness (QED) is 0.585. The van der Waals surface area contributed by atoms with Crippen molar-refractivity contribution in [2.24, 2.45) is 0 Å². The molecule has 18 heavy (non-hydrogen) atoms. The van der Waals surface area contributed by atoms with Crippen molar-refractivity contribution in [3.8, 4) is 0 Å². The van der Waals surface area contributed by atoms with Crippen LogP contribution < -0.4 is 5.32 Å². The highest BCUT2D eigenvalue weighted by Gasteiger charge is 2.19. The van der Waals surface area contributed by atoms with Crippen molar-refractivity contribution < 1.29 is 17.8 Å². The van der Waals surface area contributed by atoms with Crippen molar-refractivity contribution in [3.05, 3.63) is 29.8 Å². The molecule has 6 heteroatoms. The number of aldehydes is 1. The van der Waals surface area contributed by atoms with Gasteiger partial charge in [0.05, 0.1) is 5.25 Å². The van der Waals surface area contributed by atoms with Gasteiger partial charge in [0.15, 0.2) is 0 Å². The Balaban J connectivity index is 2.48. The second-order valence-electron chi connectivity index (χ2n) is 4.00. The number of nitrogens with one attached hydrogen (secondary N) is 1. The number of hydrogen-bond acceptors (Lipinski definition) is 4. The van der Waals surface area contributed by atoms with Crippen LogP contribution in [0.15, 0.2) is 24.3 Å². The molecule has 0 radical (unpaired) electrons. The van der Waals surface area contributed by atoms with Gasteiger partial charge in [-0.05, 0) is 37.1 Å². The molecule has 0 aliphatic rings. The summed E-state index contributed by atoms with van der Waals surface area (Å²) in [4.78, 5) is 10.5. The molecule has 0 bridgehead atoms. The molecule has 1 unspecified atom stereocenters. The second-order valence-corrected chi connectivity index (χ2v) is 5.70. The molecule has 0 spiro atoms. The third-order valence-corrected chi connectivity index (χ3v) is 4.13. The lowest BCUT2D eigenvalue weighted by atomic mass is 10.2. The Morgan fingerprint density at radius 3 is 2.39 bits per heavy atom. The van der Waals surface area contributed by atoms with Crippen LogP contribution in [0.3, 0.4) is 0 Å². The van der Waals surface area contributed by atoms with E-state index in [1.807, 2.05) is 0 Å². The van der Waals surface area contributed by atoms with Gasteiger partial charge in [-0.1, -0.05) is 6.92 Å². The number of hydrogen-bond donors (Lipinski definition) is 2. The summed E-state index contributed by atoms with van der Waals surface area (Å²) in [7, 11) is -3.97. The summed E-state index contributed by atoms with van der Waals surface area (Å²) in [6.45, 7) is 2.16. The van der Waals surface area contributed by atoms with Crippen LogP contribution in [0.25, 0.3) is 0 Å². The zero-order chi connectivity index (χ0) is 13.6. The van der Waals surface area contributed by atoms with Crippen LogP contribution >= 0.6 is 0 Å². The largest absolute Gasteiger partial charge is 0.385 e. The highest BCUT2D eigenvalue weighted by Crippen LogP contribution is 2.11. The van der Waals surface area contributed by atoms with E-state index in [0.717, 1.165) is 12.0 Å². The number of benzene rings is 1. The van der Waals surface area contributed by atoms with Gasteiger partial charge in [0.25, 0.3) is 10.1 Å². The van der Waals surface area contributed by atoms with E-state index in [9.17, 15) is 13.2 Å². The van der Waals surface area contributed by atoms with Crippen molar-refractivity contribution in [1.82, 2.24) is 0 Å². The lowest BCUT2D eigenvalue weighted by Gasteiger charge is -2.12. The van der Waals surface area contributed by atoms with Crippen molar-refractivity contribution >= 4 is 22.1 Å². The SMILES string of the molecule is CCC(CCNc1ccc(C=O)cc1)S(=O)(=O)O. The predicted octanol–water partition coefficient (Wildman–Crippen LogP) is 1.97. The Hall–Kier alpha value is -1.40. The van der Waals surface area contributed by atoms with Crippen LogP contribution in [0, 0.1) is 0 Å². The first kappa shape index (κ1) is 14.7. The monoisotopic (exact) mass is 271 g/mol. The molecule has 100 valence electrons. The van der Waals surface area contributed by atoms with E-state index < -0.39 is 15.4 Å². The first-order valence-electron chi connectivity index (χ1n) is 5.72. The molecule has 1 atom stereocenters. The maximum absolute atomic E-state index is 11.0. The number of carbonyl (C=O) groups is 1. The molecule has 0 saturated carbocycles. The molecule has 1 aromatic rings. The molecule has 1 rings (SSSR count). The van der Waals surface area contributed by atoms with E-state index in [4.69, 9.17) is 4.55 Å². The van der Waals surface area contributed by atoms with Crippen molar-refractivity contribution in [3.63, 3.8) is 0 Å². The van der Waals surface area contributed by atoms with E-state index in [0.29, 0.717) is 24.9 Å². The minimum Gasteiger partial charge on any atom is -0.385 e. The van der Waals surface area contributed by atoms with Crippen LogP contribution in [0.5, 0.6) is 0 Å². The van der Waals surface area contributed by atoms with E-state index in [1.165, 1.54) is 0 Å². The number of carbonyl (C=O) groups excluding carboxylic acids is 1. The van der Waals surface area contributed by atoms with Gasteiger partial charge in [-0.3, -0.25) is 9.35 Å². The number of rotatable bonds is 7. The van der Waals surface area contributed by atoms with Gasteiger partial charge in [0, 0.05) is 17.8 Å². The average molecular weight is 271 g/mol. The Kier molecular flexibility index (Phi) is 5.30. The van der Waals surface area contributed by atoms with Gasteiger partial charge < -0.3 is 5.32 Å². The third kappa shape index (κ3) is 4.46. The van der Waals surface area contributed by atoms with Gasteiger partial charge >= 0.3 is 0 Å². The smallest absolute Gasteiger partial charge is 0.267 e. The third-order valence-electron chi connectivity index (χ3n) is 2.72. The summed E-state index contributed by atoms with van der Waals surface area (Å²) in [5, 5.41) is 2.30. The van der Waals surface area contributed by atoms with Crippen LogP contribution in [-0.2, 0) is 10.1 Å². The average Bonchev–Trinajstić information content (AvgIpc) is 2.34. The van der Waals surface area contributed by atoms with Crippen LogP contribution in [0.2, 0.25) is 0 Å². The number of anilines is 1. The summed E-state index contributed by atoms with van der Waals surface area (Å²) in [6, 6.07) is 6.85. The topological polar surface area (TPSA) is 83.5 Å². The molecule has 0 amide bonds. The molecule has 5 nitrogen and oxygen atoms in total. The highest BCUT2D eigenvalue weighted by atomic mass is 32.2. The van der Waals surface area contributed by atoms with E-state index in [1.54, 1.807) is 31.2 Å². The maximum atomic E-state index is 11.0. The second kappa shape index (κ2) is 6.51. The van der Waals surface area contributed by atoms with Crippen LogP contribution in [-0.4, -0.2) is 31.1 Å². The zero-order valence-corrected chi connectivity index (χ0v) is 11.0. The van der Waals surface area contributed by atoms with Gasteiger partial charge in [-0.25, -0.2) is 0 Å². The summed E-state index contributed by atoms with van der Waals surface area (Å²) < 4.78 is 30.9. The molecule has 0 fully saturated rings. The maximum Gasteiger partial charge on any atom is 0.267 e. The molecular weight excluding hydrogens is 254 g/mol. The molecule has 2 N–H and O–H groups in total. The fourth-order valence-electron chi connectivity index (χ4n) is 1.62.